The molecule has 0 radical (unpaired) electrons. The molecule has 0 saturated carbocycles. The van der Waals surface area contributed by atoms with E-state index in [0.717, 1.165) is 6.07 Å². The maximum atomic E-state index is 12.3. The first kappa shape index (κ1) is 20.2. The number of primary sulfonamides is 1. The number of carbonyl (C=O) groups excluding carboxylic acids is 2. The summed E-state index contributed by atoms with van der Waals surface area (Å²) < 4.78 is 27.6. The zero-order valence-electron chi connectivity index (χ0n) is 15.2. The van der Waals surface area contributed by atoms with E-state index in [1.54, 1.807) is 24.3 Å². The molecule has 9 nitrogen and oxygen atoms in total. The number of carbonyl (C=O) groups is 2. The smallest absolute Gasteiger partial charge is 0.355 e. The molecule has 3 rings (SSSR count). The summed E-state index contributed by atoms with van der Waals surface area (Å²) >= 11 is 0. The number of amides is 1. The van der Waals surface area contributed by atoms with Gasteiger partial charge in [-0.2, -0.15) is 0 Å². The average molecular weight is 415 g/mol. The molecule has 0 aliphatic carbocycles. The van der Waals surface area contributed by atoms with Gasteiger partial charge in [0.2, 0.25) is 10.0 Å². The molecule has 10 heteroatoms. The first-order valence-corrected chi connectivity index (χ1v) is 9.96. The van der Waals surface area contributed by atoms with Gasteiger partial charge in [-0.1, -0.05) is 12.1 Å². The Kier molecular flexibility index (Phi) is 5.48. The number of esters is 1. The molecule has 150 valence electrons. The number of ether oxygens (including phenoxy) is 1. The molecule has 0 saturated heterocycles. The predicted molar refractivity (Wildman–Crippen MR) is 106 cm³/mol. The number of benzene rings is 2. The van der Waals surface area contributed by atoms with Crippen LogP contribution >= 0.6 is 0 Å². The second kappa shape index (κ2) is 7.86. The topological polar surface area (TPSA) is 148 Å². The monoisotopic (exact) mass is 415 g/mol. The van der Waals surface area contributed by atoms with Gasteiger partial charge in [0.15, 0.2) is 11.5 Å². The summed E-state index contributed by atoms with van der Waals surface area (Å²) in [6.45, 7) is 1.37. The second-order valence-corrected chi connectivity index (χ2v) is 7.76. The summed E-state index contributed by atoms with van der Waals surface area (Å²) in [7, 11) is -3.84. The highest BCUT2D eigenvalue weighted by molar-refractivity contribution is 7.89. The molecule has 0 aliphatic heterocycles. The summed E-state index contributed by atoms with van der Waals surface area (Å²) in [6, 6.07) is 13.0. The van der Waals surface area contributed by atoms with Gasteiger partial charge in [0.05, 0.1) is 4.90 Å². The SMILES string of the molecule is C[C@@H](OC(=O)c1cc(=O)c2ccccc2[nH]1)C(=O)Nc1ccc(S(N)(=O)=O)cc1. The predicted octanol–water partition coefficient (Wildman–Crippen LogP) is 1.36. The van der Waals surface area contributed by atoms with Gasteiger partial charge in [-0.05, 0) is 43.3 Å². The van der Waals surface area contributed by atoms with Crippen molar-refractivity contribution in [2.45, 2.75) is 17.9 Å². The lowest BCUT2D eigenvalue weighted by Crippen LogP contribution is -2.30. The maximum Gasteiger partial charge on any atom is 0.355 e. The highest BCUT2D eigenvalue weighted by Gasteiger charge is 2.20. The number of anilines is 1. The number of rotatable bonds is 5. The van der Waals surface area contributed by atoms with Crippen molar-refractivity contribution in [3.8, 4) is 0 Å². The van der Waals surface area contributed by atoms with E-state index in [0.29, 0.717) is 16.6 Å². The Bertz CT molecular complexity index is 1250. The number of aromatic amines is 1. The third-order valence-corrected chi connectivity index (χ3v) is 4.99. The molecule has 1 amide bonds. The molecule has 1 atom stereocenters. The van der Waals surface area contributed by atoms with E-state index in [1.165, 1.54) is 31.2 Å². The molecular weight excluding hydrogens is 398 g/mol. The number of nitrogens with two attached hydrogens (primary N) is 1. The van der Waals surface area contributed by atoms with Crippen molar-refractivity contribution in [3.05, 3.63) is 70.5 Å². The molecule has 1 aromatic heterocycles. The lowest BCUT2D eigenvalue weighted by Gasteiger charge is -2.14. The molecule has 1 heterocycles. The third-order valence-electron chi connectivity index (χ3n) is 4.06. The summed E-state index contributed by atoms with van der Waals surface area (Å²) in [5, 5.41) is 7.94. The zero-order chi connectivity index (χ0) is 21.2. The molecule has 29 heavy (non-hydrogen) atoms. The second-order valence-electron chi connectivity index (χ2n) is 6.20. The molecule has 3 aromatic rings. The minimum Gasteiger partial charge on any atom is -0.448 e. The number of para-hydroxylation sites is 1. The van der Waals surface area contributed by atoms with Crippen LogP contribution in [-0.4, -0.2) is 31.4 Å². The van der Waals surface area contributed by atoms with Gasteiger partial charge < -0.3 is 15.0 Å². The molecule has 0 aliphatic rings. The van der Waals surface area contributed by atoms with E-state index >= 15 is 0 Å². The molecule has 0 fully saturated rings. The van der Waals surface area contributed by atoms with Crippen molar-refractivity contribution < 1.29 is 22.7 Å². The molecule has 4 N–H and O–H groups in total. The molecule has 0 bridgehead atoms. The number of aromatic nitrogens is 1. The van der Waals surface area contributed by atoms with Crippen LogP contribution in [0.4, 0.5) is 5.69 Å². The van der Waals surface area contributed by atoms with Crippen LogP contribution in [0, 0.1) is 0 Å². The first-order chi connectivity index (χ1) is 13.6. The van der Waals surface area contributed by atoms with E-state index in [4.69, 9.17) is 9.88 Å². The number of hydrogen-bond donors (Lipinski definition) is 3. The Balaban J connectivity index is 1.69. The van der Waals surface area contributed by atoms with Crippen LogP contribution in [0.2, 0.25) is 0 Å². The Morgan fingerprint density at radius 2 is 1.76 bits per heavy atom. The quantitative estimate of drug-likeness (QED) is 0.536. The van der Waals surface area contributed by atoms with Crippen molar-refractivity contribution in [3.63, 3.8) is 0 Å². The highest BCUT2D eigenvalue weighted by Crippen LogP contribution is 2.14. The number of fused-ring (bicyclic) bond motifs is 1. The van der Waals surface area contributed by atoms with Crippen LogP contribution in [-0.2, 0) is 19.6 Å². The van der Waals surface area contributed by atoms with Crippen LogP contribution in [0.15, 0.2) is 64.3 Å². The minimum atomic E-state index is -3.84. The van der Waals surface area contributed by atoms with E-state index in [-0.39, 0.29) is 16.0 Å². The van der Waals surface area contributed by atoms with E-state index in [1.807, 2.05) is 0 Å². The van der Waals surface area contributed by atoms with Crippen LogP contribution in [0.3, 0.4) is 0 Å². The maximum absolute atomic E-state index is 12.3. The Morgan fingerprint density at radius 1 is 1.10 bits per heavy atom. The fourth-order valence-electron chi connectivity index (χ4n) is 2.56. The minimum absolute atomic E-state index is 0.0779. The lowest BCUT2D eigenvalue weighted by atomic mass is 10.2. The first-order valence-electron chi connectivity index (χ1n) is 8.42. The number of H-pyrrole nitrogens is 1. The van der Waals surface area contributed by atoms with Crippen LogP contribution in [0.5, 0.6) is 0 Å². The molecule has 0 unspecified atom stereocenters. The van der Waals surface area contributed by atoms with Gasteiger partial charge in [0, 0.05) is 22.7 Å². The van der Waals surface area contributed by atoms with Gasteiger partial charge in [0.1, 0.15) is 5.69 Å². The Labute approximate surface area is 165 Å². The fraction of sp³-hybridized carbons (Fsp3) is 0.105. The lowest BCUT2D eigenvalue weighted by molar-refractivity contribution is -0.123. The summed E-state index contributed by atoms with van der Waals surface area (Å²) in [5.74, 6) is -1.50. The van der Waals surface area contributed by atoms with Gasteiger partial charge in [-0.15, -0.1) is 0 Å². The number of hydrogen-bond acceptors (Lipinski definition) is 6. The van der Waals surface area contributed by atoms with Gasteiger partial charge >= 0.3 is 5.97 Å². The highest BCUT2D eigenvalue weighted by atomic mass is 32.2. The molecule has 0 spiro atoms. The summed E-state index contributed by atoms with van der Waals surface area (Å²) in [6.07, 6.45) is -1.17. The Hall–Kier alpha value is -3.50. The summed E-state index contributed by atoms with van der Waals surface area (Å²) in [4.78, 5) is 39.4. The third kappa shape index (κ3) is 4.68. The van der Waals surface area contributed by atoms with Gasteiger partial charge in [-0.3, -0.25) is 9.59 Å². The number of nitrogens with one attached hydrogen (secondary N) is 2. The number of sulfonamides is 1. The van der Waals surface area contributed by atoms with Crippen molar-refractivity contribution in [1.82, 2.24) is 4.98 Å². The largest absolute Gasteiger partial charge is 0.448 e. The van der Waals surface area contributed by atoms with Gasteiger partial charge in [-0.25, -0.2) is 18.4 Å². The van der Waals surface area contributed by atoms with Crippen molar-refractivity contribution in [2.75, 3.05) is 5.32 Å². The van der Waals surface area contributed by atoms with Crippen molar-refractivity contribution in [1.29, 1.82) is 0 Å². The summed E-state index contributed by atoms with van der Waals surface area (Å²) in [5.41, 5.74) is 0.340. The normalized spacial score (nSPS) is 12.3. The Morgan fingerprint density at radius 3 is 2.41 bits per heavy atom. The van der Waals surface area contributed by atoms with E-state index in [9.17, 15) is 22.8 Å². The fourth-order valence-corrected chi connectivity index (χ4v) is 3.07. The van der Waals surface area contributed by atoms with E-state index < -0.39 is 28.0 Å². The average Bonchev–Trinajstić information content (AvgIpc) is 2.67. The standard InChI is InChI=1S/C19H17N3O6S/c1-11(18(24)21-12-6-8-13(9-7-12)29(20,26)27)28-19(25)16-10-17(23)14-4-2-3-5-15(14)22-16/h2-11H,1H3,(H,21,24)(H,22,23)(H2,20,26,27)/t11-/m1/s1. The molecule has 2 aromatic carbocycles. The van der Waals surface area contributed by atoms with Crippen LogP contribution in [0.1, 0.15) is 17.4 Å². The molecular formula is C19H17N3O6S. The number of pyridine rings is 1. The van der Waals surface area contributed by atoms with Crippen LogP contribution in [0.25, 0.3) is 10.9 Å². The zero-order valence-corrected chi connectivity index (χ0v) is 16.0. The van der Waals surface area contributed by atoms with Crippen molar-refractivity contribution >= 4 is 38.5 Å². The van der Waals surface area contributed by atoms with Crippen molar-refractivity contribution in [2.24, 2.45) is 5.14 Å². The van der Waals surface area contributed by atoms with Gasteiger partial charge in [0.25, 0.3) is 5.91 Å². The van der Waals surface area contributed by atoms with E-state index in [2.05, 4.69) is 10.3 Å². The van der Waals surface area contributed by atoms with Crippen LogP contribution < -0.4 is 15.9 Å².